The number of Topliss-reactive ketones (excluding diaryl/α,β-unsaturated/α-hetero) is 1. The van der Waals surface area contributed by atoms with E-state index in [9.17, 15) is 14.9 Å². The van der Waals surface area contributed by atoms with E-state index in [0.29, 0.717) is 10.0 Å². The molecule has 0 heterocycles. The average Bonchev–Trinajstić information content (AvgIpc) is 2.20. The van der Waals surface area contributed by atoms with E-state index in [1.807, 2.05) is 0 Å². The minimum absolute atomic E-state index is 0.0464. The van der Waals surface area contributed by atoms with Gasteiger partial charge in [-0.1, -0.05) is 6.07 Å². The number of rotatable bonds is 4. The Balaban J connectivity index is 2.97. The summed E-state index contributed by atoms with van der Waals surface area (Å²) in [5.74, 6) is -0.238. The first-order valence-electron chi connectivity index (χ1n) is 4.05. The second kappa shape index (κ2) is 5.23. The van der Waals surface area contributed by atoms with Crippen molar-refractivity contribution in [2.24, 2.45) is 0 Å². The van der Waals surface area contributed by atoms with Gasteiger partial charge in [-0.2, -0.15) is 0 Å². The first kappa shape index (κ1) is 12.1. The van der Waals surface area contributed by atoms with Gasteiger partial charge < -0.3 is 0 Å². The van der Waals surface area contributed by atoms with Crippen LogP contribution in [0.3, 0.4) is 0 Å². The normalized spacial score (nSPS) is 10.0. The summed E-state index contributed by atoms with van der Waals surface area (Å²) in [7, 11) is 0. The SMILES string of the molecule is O=C(CCl)Cc1ccc(Br)c([N+](=O)[O-])c1. The highest BCUT2D eigenvalue weighted by Crippen LogP contribution is 2.25. The summed E-state index contributed by atoms with van der Waals surface area (Å²) in [6.07, 6.45) is 0.123. The Labute approximate surface area is 99.5 Å². The second-order valence-corrected chi connectivity index (χ2v) is 4.01. The number of ketones is 1. The fourth-order valence-electron chi connectivity index (χ4n) is 1.08. The molecule has 0 aromatic heterocycles. The highest BCUT2D eigenvalue weighted by molar-refractivity contribution is 9.10. The number of carbonyl (C=O) groups excluding carboxylic acids is 1. The molecule has 6 heteroatoms. The molecule has 1 aromatic rings. The van der Waals surface area contributed by atoms with Crippen LogP contribution in [0.5, 0.6) is 0 Å². The van der Waals surface area contributed by atoms with Crippen molar-refractivity contribution in [1.82, 2.24) is 0 Å². The third kappa shape index (κ3) is 3.28. The van der Waals surface area contributed by atoms with E-state index < -0.39 is 4.92 Å². The molecule has 0 saturated heterocycles. The van der Waals surface area contributed by atoms with E-state index in [2.05, 4.69) is 15.9 Å². The molecule has 0 unspecified atom stereocenters. The Kier molecular flexibility index (Phi) is 4.23. The van der Waals surface area contributed by atoms with Crippen LogP contribution in [-0.4, -0.2) is 16.6 Å². The van der Waals surface area contributed by atoms with Gasteiger partial charge in [0.2, 0.25) is 0 Å². The fraction of sp³-hybridized carbons (Fsp3) is 0.222. The maximum atomic E-state index is 11.0. The van der Waals surface area contributed by atoms with Crippen LogP contribution in [0.25, 0.3) is 0 Å². The number of hydrogen-bond acceptors (Lipinski definition) is 3. The lowest BCUT2D eigenvalue weighted by Crippen LogP contribution is -2.04. The summed E-state index contributed by atoms with van der Waals surface area (Å²) in [4.78, 5) is 21.1. The highest BCUT2D eigenvalue weighted by Gasteiger charge is 2.13. The van der Waals surface area contributed by atoms with E-state index in [-0.39, 0.29) is 23.8 Å². The van der Waals surface area contributed by atoms with Gasteiger partial charge in [0.15, 0.2) is 5.78 Å². The molecule has 0 bridgehead atoms. The molecule has 1 rings (SSSR count). The summed E-state index contributed by atoms with van der Waals surface area (Å²) >= 11 is 8.40. The minimum atomic E-state index is -0.501. The topological polar surface area (TPSA) is 60.2 Å². The standard InChI is InChI=1S/C9H7BrClNO3/c10-8-2-1-6(3-7(13)5-11)4-9(8)12(14)15/h1-2,4H,3,5H2. The van der Waals surface area contributed by atoms with Gasteiger partial charge in [-0.15, -0.1) is 11.6 Å². The molecule has 0 aliphatic carbocycles. The molecule has 0 aliphatic rings. The lowest BCUT2D eigenvalue weighted by molar-refractivity contribution is -0.385. The van der Waals surface area contributed by atoms with Gasteiger partial charge in [-0.3, -0.25) is 14.9 Å². The van der Waals surface area contributed by atoms with Crippen LogP contribution in [0.4, 0.5) is 5.69 Å². The van der Waals surface area contributed by atoms with Crippen LogP contribution in [0, 0.1) is 10.1 Å². The number of benzene rings is 1. The van der Waals surface area contributed by atoms with Crippen LogP contribution in [-0.2, 0) is 11.2 Å². The summed E-state index contributed by atoms with van der Waals surface area (Å²) in [6, 6.07) is 4.57. The Morgan fingerprint density at radius 1 is 1.53 bits per heavy atom. The largest absolute Gasteiger partial charge is 0.298 e. The summed E-state index contributed by atoms with van der Waals surface area (Å²) in [5, 5.41) is 10.6. The number of carbonyl (C=O) groups is 1. The van der Waals surface area contributed by atoms with Gasteiger partial charge >= 0.3 is 0 Å². The second-order valence-electron chi connectivity index (χ2n) is 2.89. The molecule has 0 spiro atoms. The summed E-state index contributed by atoms with van der Waals surface area (Å²) < 4.78 is 0.398. The number of nitro groups is 1. The molecule has 0 atom stereocenters. The zero-order valence-electron chi connectivity index (χ0n) is 7.57. The van der Waals surface area contributed by atoms with Crippen LogP contribution in [0.15, 0.2) is 22.7 Å². The van der Waals surface area contributed by atoms with Crippen LogP contribution in [0.2, 0.25) is 0 Å². The van der Waals surface area contributed by atoms with Gasteiger partial charge in [0.05, 0.1) is 15.3 Å². The Morgan fingerprint density at radius 2 is 2.20 bits per heavy atom. The predicted molar refractivity (Wildman–Crippen MR) is 60.2 cm³/mol. The minimum Gasteiger partial charge on any atom is -0.298 e. The van der Waals surface area contributed by atoms with Gasteiger partial charge in [0.1, 0.15) is 0 Å². The molecule has 4 nitrogen and oxygen atoms in total. The quantitative estimate of drug-likeness (QED) is 0.487. The molecular weight excluding hydrogens is 285 g/mol. The molecule has 0 N–H and O–H groups in total. The molecule has 1 aromatic carbocycles. The zero-order valence-corrected chi connectivity index (χ0v) is 9.92. The Bertz CT molecular complexity index is 408. The van der Waals surface area contributed by atoms with Crippen molar-refractivity contribution in [3.63, 3.8) is 0 Å². The first-order valence-corrected chi connectivity index (χ1v) is 5.38. The molecule has 0 amide bonds. The lowest BCUT2D eigenvalue weighted by Gasteiger charge is -2.00. The smallest absolute Gasteiger partial charge is 0.283 e. The van der Waals surface area contributed by atoms with Crippen LogP contribution in [0.1, 0.15) is 5.56 Å². The molecule has 0 saturated carbocycles. The van der Waals surface area contributed by atoms with Gasteiger partial charge in [-0.25, -0.2) is 0 Å². The van der Waals surface area contributed by atoms with E-state index in [1.54, 1.807) is 12.1 Å². The number of hydrogen-bond donors (Lipinski definition) is 0. The van der Waals surface area contributed by atoms with E-state index in [0.717, 1.165) is 0 Å². The third-order valence-electron chi connectivity index (χ3n) is 1.76. The molecule has 0 aliphatic heterocycles. The van der Waals surface area contributed by atoms with Gasteiger partial charge in [0.25, 0.3) is 5.69 Å². The maximum Gasteiger partial charge on any atom is 0.283 e. The third-order valence-corrected chi connectivity index (χ3v) is 2.73. The van der Waals surface area contributed by atoms with E-state index in [1.165, 1.54) is 6.07 Å². The van der Waals surface area contributed by atoms with Crippen LogP contribution >= 0.6 is 27.5 Å². The van der Waals surface area contributed by atoms with Gasteiger partial charge in [-0.05, 0) is 27.6 Å². The summed E-state index contributed by atoms with van der Waals surface area (Å²) in [6.45, 7) is 0. The molecule has 0 fully saturated rings. The molecule has 80 valence electrons. The van der Waals surface area contributed by atoms with E-state index in [4.69, 9.17) is 11.6 Å². The zero-order chi connectivity index (χ0) is 11.4. The monoisotopic (exact) mass is 291 g/mol. The Hall–Kier alpha value is -0.940. The van der Waals surface area contributed by atoms with Crippen molar-refractivity contribution < 1.29 is 9.72 Å². The van der Waals surface area contributed by atoms with Crippen molar-refractivity contribution in [3.05, 3.63) is 38.3 Å². The van der Waals surface area contributed by atoms with Gasteiger partial charge in [0, 0.05) is 12.5 Å². The number of nitrogens with zero attached hydrogens (tertiary/aromatic N) is 1. The summed E-state index contributed by atoms with van der Waals surface area (Å²) in [5.41, 5.74) is 0.547. The van der Waals surface area contributed by atoms with Crippen LogP contribution < -0.4 is 0 Å². The van der Waals surface area contributed by atoms with Crippen molar-refractivity contribution in [3.8, 4) is 0 Å². The number of nitro benzene ring substituents is 1. The number of halogens is 2. The number of alkyl halides is 1. The maximum absolute atomic E-state index is 11.0. The van der Waals surface area contributed by atoms with Crippen molar-refractivity contribution >= 4 is 39.0 Å². The average molecular weight is 293 g/mol. The van der Waals surface area contributed by atoms with Crippen molar-refractivity contribution in [2.45, 2.75) is 6.42 Å². The molecule has 0 radical (unpaired) electrons. The Morgan fingerprint density at radius 3 is 2.73 bits per heavy atom. The molecular formula is C9H7BrClNO3. The lowest BCUT2D eigenvalue weighted by atomic mass is 10.1. The fourth-order valence-corrected chi connectivity index (χ4v) is 1.57. The van der Waals surface area contributed by atoms with Crippen molar-refractivity contribution in [1.29, 1.82) is 0 Å². The highest BCUT2D eigenvalue weighted by atomic mass is 79.9. The molecule has 15 heavy (non-hydrogen) atoms. The van der Waals surface area contributed by atoms with E-state index >= 15 is 0 Å². The first-order chi connectivity index (χ1) is 7.04. The van der Waals surface area contributed by atoms with Crippen molar-refractivity contribution in [2.75, 3.05) is 5.88 Å². The predicted octanol–water partition coefficient (Wildman–Crippen LogP) is 2.71.